The molecule has 11 heteroatoms. The number of rotatable bonds is 9. The summed E-state index contributed by atoms with van der Waals surface area (Å²) in [6.07, 6.45) is 6.34. The highest BCUT2D eigenvalue weighted by Gasteiger charge is 2.33. The van der Waals surface area contributed by atoms with Gasteiger partial charge in [0.2, 0.25) is 5.95 Å². The molecule has 0 spiro atoms. The van der Waals surface area contributed by atoms with Crippen molar-refractivity contribution in [2.24, 2.45) is 10.8 Å². The molecular formula is C34H41N7O3S. The topological polar surface area (TPSA) is 129 Å². The number of likely N-dealkylation sites (tertiary alicyclic amines) is 1. The molecule has 1 atom stereocenters. The van der Waals surface area contributed by atoms with E-state index in [1.807, 2.05) is 43.5 Å². The lowest BCUT2D eigenvalue weighted by Crippen LogP contribution is -2.39. The Bertz CT molecular complexity index is 1750. The number of oxazole rings is 1. The Hall–Kier alpha value is -4.27. The number of aromatic nitrogens is 3. The van der Waals surface area contributed by atoms with Crippen LogP contribution in [0.25, 0.3) is 21.7 Å². The first kappa shape index (κ1) is 32.1. The van der Waals surface area contributed by atoms with Gasteiger partial charge in [-0.05, 0) is 53.5 Å². The van der Waals surface area contributed by atoms with E-state index < -0.39 is 0 Å². The predicted molar refractivity (Wildman–Crippen MR) is 177 cm³/mol. The van der Waals surface area contributed by atoms with E-state index in [2.05, 4.69) is 48.5 Å². The highest BCUT2D eigenvalue weighted by molar-refractivity contribution is 7.17. The van der Waals surface area contributed by atoms with Gasteiger partial charge in [0.05, 0.1) is 33.0 Å². The van der Waals surface area contributed by atoms with Crippen LogP contribution >= 0.6 is 11.3 Å². The van der Waals surface area contributed by atoms with Crippen molar-refractivity contribution in [3.63, 3.8) is 0 Å². The number of imidazole rings is 1. The normalized spacial score (nSPS) is 15.9. The third-order valence-electron chi connectivity index (χ3n) is 7.49. The first-order chi connectivity index (χ1) is 21.3. The molecule has 10 nitrogen and oxygen atoms in total. The average Bonchev–Trinajstić information content (AvgIpc) is 3.78. The maximum Gasteiger partial charge on any atom is 0.268 e. The molecule has 45 heavy (non-hydrogen) atoms. The van der Waals surface area contributed by atoms with E-state index in [1.54, 1.807) is 23.2 Å². The lowest BCUT2D eigenvalue weighted by molar-refractivity contribution is -0.127. The Balaban J connectivity index is 1.45. The van der Waals surface area contributed by atoms with Crippen LogP contribution < -0.4 is 10.6 Å². The maximum atomic E-state index is 13.5. The molecule has 3 aromatic heterocycles. The molecule has 2 amide bonds. The van der Waals surface area contributed by atoms with Crippen LogP contribution in [0.4, 0.5) is 5.95 Å². The number of nitrogens with one attached hydrogen (secondary N) is 2. The smallest absolute Gasteiger partial charge is 0.268 e. The van der Waals surface area contributed by atoms with Gasteiger partial charge in [0.25, 0.3) is 11.8 Å². The molecule has 236 valence electrons. The Kier molecular flexibility index (Phi) is 9.28. The van der Waals surface area contributed by atoms with Gasteiger partial charge in [-0.25, -0.2) is 9.97 Å². The number of allylic oxidation sites excluding steroid dienone is 1. The van der Waals surface area contributed by atoms with Crippen LogP contribution in [0, 0.1) is 22.2 Å². The Labute approximate surface area is 268 Å². The lowest BCUT2D eigenvalue weighted by atomic mass is 9.93. The fourth-order valence-corrected chi connectivity index (χ4v) is 6.33. The van der Waals surface area contributed by atoms with E-state index in [4.69, 9.17) is 9.40 Å². The monoisotopic (exact) mass is 627 g/mol. The van der Waals surface area contributed by atoms with E-state index in [-0.39, 0.29) is 34.3 Å². The SMILES string of the molecule is CC(C)(C)/C=C(\C#N)C(=O)N1CCC[C@@H]1Cn1c(NC(=O)c2ccc(-c3cnco3)s2)nc2cc(CNCC(C)(C)C)ccc21. The van der Waals surface area contributed by atoms with Gasteiger partial charge in [-0.3, -0.25) is 14.9 Å². The first-order valence-corrected chi connectivity index (χ1v) is 16.1. The van der Waals surface area contributed by atoms with E-state index in [0.29, 0.717) is 36.2 Å². The van der Waals surface area contributed by atoms with E-state index in [0.717, 1.165) is 40.9 Å². The van der Waals surface area contributed by atoms with E-state index in [9.17, 15) is 14.9 Å². The van der Waals surface area contributed by atoms with Gasteiger partial charge in [0.15, 0.2) is 12.2 Å². The second-order valence-corrected chi connectivity index (χ2v) is 14.9. The van der Waals surface area contributed by atoms with Crippen molar-refractivity contribution in [1.82, 2.24) is 24.8 Å². The molecule has 1 aliphatic heterocycles. The number of benzene rings is 1. The minimum atomic E-state index is -0.303. The number of anilines is 1. The number of amides is 2. The second kappa shape index (κ2) is 13.0. The lowest BCUT2D eigenvalue weighted by Gasteiger charge is -2.26. The molecule has 4 aromatic rings. The molecule has 0 radical (unpaired) electrons. The number of carbonyl (C=O) groups excluding carboxylic acids is 2. The summed E-state index contributed by atoms with van der Waals surface area (Å²) in [4.78, 5) is 39.0. The standard InChI is InChI=1S/C34H41N7O3S/c1-33(2,3)15-23(16-35)31(43)40-13-7-8-24(40)19-41-26-10-9-22(17-36-20-34(4,5)6)14-25(26)38-32(41)39-30(42)29-12-11-28(45-29)27-18-37-21-44-27/h9-12,14-15,18,21,24,36H,7-8,13,17,19-20H2,1-6H3,(H,38,39,42)/b23-15+/t24-/m1/s1. The summed E-state index contributed by atoms with van der Waals surface area (Å²) >= 11 is 1.31. The van der Waals surface area contributed by atoms with Gasteiger partial charge >= 0.3 is 0 Å². The Morgan fingerprint density at radius 3 is 2.67 bits per heavy atom. The van der Waals surface area contributed by atoms with Crippen LogP contribution in [0.2, 0.25) is 0 Å². The summed E-state index contributed by atoms with van der Waals surface area (Å²) in [5.41, 5.74) is 2.73. The molecule has 0 aliphatic carbocycles. The summed E-state index contributed by atoms with van der Waals surface area (Å²) < 4.78 is 7.38. The van der Waals surface area contributed by atoms with Gasteiger partial charge in [-0.2, -0.15) is 5.26 Å². The summed E-state index contributed by atoms with van der Waals surface area (Å²) in [5, 5.41) is 16.4. The number of hydrogen-bond acceptors (Lipinski definition) is 8. The molecule has 0 unspecified atom stereocenters. The molecule has 0 saturated carbocycles. The number of nitrogens with zero attached hydrogens (tertiary/aromatic N) is 5. The molecule has 1 aliphatic rings. The van der Waals surface area contributed by atoms with Crippen molar-refractivity contribution >= 4 is 40.1 Å². The first-order valence-electron chi connectivity index (χ1n) is 15.3. The van der Waals surface area contributed by atoms with Crippen LogP contribution in [-0.4, -0.2) is 50.4 Å². The van der Waals surface area contributed by atoms with E-state index >= 15 is 0 Å². The summed E-state index contributed by atoms with van der Waals surface area (Å²) in [6.45, 7) is 15.1. The Morgan fingerprint density at radius 1 is 1.18 bits per heavy atom. The quantitative estimate of drug-likeness (QED) is 0.157. The number of carbonyl (C=O) groups is 2. The number of hydrogen-bond donors (Lipinski definition) is 2. The van der Waals surface area contributed by atoms with Crippen molar-refractivity contribution in [1.29, 1.82) is 5.26 Å². The van der Waals surface area contributed by atoms with Gasteiger partial charge in [0, 0.05) is 26.2 Å². The molecule has 1 aromatic carbocycles. The number of fused-ring (bicyclic) bond motifs is 1. The van der Waals surface area contributed by atoms with Crippen molar-refractivity contribution in [3.05, 3.63) is 65.0 Å². The molecular weight excluding hydrogens is 586 g/mol. The molecule has 2 N–H and O–H groups in total. The van der Waals surface area contributed by atoms with Crippen LogP contribution in [0.15, 0.2) is 59.0 Å². The van der Waals surface area contributed by atoms with Crippen molar-refractivity contribution in [2.45, 2.75) is 73.5 Å². The van der Waals surface area contributed by atoms with Crippen LogP contribution in [0.3, 0.4) is 0 Å². The summed E-state index contributed by atoms with van der Waals surface area (Å²) in [5.74, 6) is 0.473. The fourth-order valence-electron chi connectivity index (χ4n) is 5.47. The largest absolute Gasteiger partial charge is 0.443 e. The van der Waals surface area contributed by atoms with Crippen LogP contribution in [0.5, 0.6) is 0 Å². The van der Waals surface area contributed by atoms with Crippen molar-refractivity contribution in [2.75, 3.05) is 18.4 Å². The zero-order valence-electron chi connectivity index (χ0n) is 26.8. The second-order valence-electron chi connectivity index (χ2n) is 13.8. The zero-order chi connectivity index (χ0) is 32.4. The molecule has 1 saturated heterocycles. The van der Waals surface area contributed by atoms with E-state index in [1.165, 1.54) is 17.7 Å². The highest BCUT2D eigenvalue weighted by atomic mass is 32.1. The van der Waals surface area contributed by atoms with Gasteiger partial charge in [-0.15, -0.1) is 11.3 Å². The average molecular weight is 628 g/mol. The van der Waals surface area contributed by atoms with Crippen LogP contribution in [-0.2, 0) is 17.9 Å². The summed E-state index contributed by atoms with van der Waals surface area (Å²) in [6, 6.07) is 11.7. The summed E-state index contributed by atoms with van der Waals surface area (Å²) in [7, 11) is 0. The minimum Gasteiger partial charge on any atom is -0.443 e. The Morgan fingerprint density at radius 2 is 1.98 bits per heavy atom. The predicted octanol–water partition coefficient (Wildman–Crippen LogP) is 6.63. The third-order valence-corrected chi connectivity index (χ3v) is 8.59. The number of thiophene rings is 1. The van der Waals surface area contributed by atoms with Crippen LogP contribution in [0.1, 0.15) is 69.6 Å². The fraction of sp³-hybridized carbons (Fsp3) is 0.441. The minimum absolute atomic E-state index is 0.157. The molecule has 0 bridgehead atoms. The van der Waals surface area contributed by atoms with Gasteiger partial charge < -0.3 is 19.2 Å². The van der Waals surface area contributed by atoms with Crippen molar-refractivity contribution in [3.8, 4) is 16.7 Å². The third kappa shape index (κ3) is 7.88. The molecule has 4 heterocycles. The number of nitriles is 1. The maximum absolute atomic E-state index is 13.5. The van der Waals surface area contributed by atoms with Crippen molar-refractivity contribution < 1.29 is 14.0 Å². The van der Waals surface area contributed by atoms with Gasteiger partial charge in [-0.1, -0.05) is 53.7 Å². The zero-order valence-corrected chi connectivity index (χ0v) is 27.6. The highest BCUT2D eigenvalue weighted by Crippen LogP contribution is 2.31. The molecule has 1 fully saturated rings. The van der Waals surface area contributed by atoms with Gasteiger partial charge in [0.1, 0.15) is 11.6 Å². The molecule has 5 rings (SSSR count).